The summed E-state index contributed by atoms with van der Waals surface area (Å²) in [4.78, 5) is 35.7. The van der Waals surface area contributed by atoms with Crippen LogP contribution in [0.25, 0.3) is 0 Å². The molecule has 4 rings (SSSR count). The lowest BCUT2D eigenvalue weighted by Crippen LogP contribution is -2.24. The minimum Gasteiger partial charge on any atom is -0.346 e. The Labute approximate surface area is 206 Å². The highest BCUT2D eigenvalue weighted by atomic mass is 33.1. The van der Waals surface area contributed by atoms with Crippen LogP contribution in [0.2, 0.25) is 0 Å². The Morgan fingerprint density at radius 3 is 1.41 bits per heavy atom. The summed E-state index contributed by atoms with van der Waals surface area (Å²) in [5.74, 6) is -0.341. The van der Waals surface area contributed by atoms with Gasteiger partial charge in [-0.3, -0.25) is 19.6 Å². The van der Waals surface area contributed by atoms with E-state index in [1.165, 1.54) is 21.6 Å². The number of pyridine rings is 2. The number of nitrogens with zero attached hydrogens (tertiary/aromatic N) is 2. The number of hydrogen-bond acceptors (Lipinski definition) is 6. The van der Waals surface area contributed by atoms with Gasteiger partial charge in [0, 0.05) is 22.2 Å². The van der Waals surface area contributed by atoms with Gasteiger partial charge in [0.15, 0.2) is 0 Å². The van der Waals surface area contributed by atoms with Crippen LogP contribution in [0.3, 0.4) is 0 Å². The van der Waals surface area contributed by atoms with Crippen LogP contribution in [0.4, 0.5) is 0 Å². The van der Waals surface area contributed by atoms with E-state index in [0.717, 1.165) is 21.2 Å². The molecule has 0 aliphatic rings. The van der Waals surface area contributed by atoms with Crippen molar-refractivity contribution >= 4 is 33.4 Å². The molecule has 2 amide bonds. The maximum Gasteiger partial charge on any atom is 0.252 e. The van der Waals surface area contributed by atoms with E-state index in [0.29, 0.717) is 24.2 Å². The Morgan fingerprint density at radius 1 is 0.588 bits per heavy atom. The molecule has 0 unspecified atom stereocenters. The number of carbonyl (C=O) groups excluding carboxylic acids is 2. The predicted molar refractivity (Wildman–Crippen MR) is 135 cm³/mol. The van der Waals surface area contributed by atoms with Crippen molar-refractivity contribution in [2.75, 3.05) is 0 Å². The summed E-state index contributed by atoms with van der Waals surface area (Å²) in [5.41, 5.74) is 2.74. The zero-order chi connectivity index (χ0) is 23.6. The number of hydrogen-bond donors (Lipinski definition) is 2. The van der Waals surface area contributed by atoms with Gasteiger partial charge < -0.3 is 10.6 Å². The topological polar surface area (TPSA) is 84.0 Å². The predicted octanol–water partition coefficient (Wildman–Crippen LogP) is 5.14. The van der Waals surface area contributed by atoms with E-state index < -0.39 is 0 Å². The van der Waals surface area contributed by atoms with Crippen molar-refractivity contribution in [3.63, 3.8) is 0 Å². The van der Waals surface area contributed by atoms with E-state index in [-0.39, 0.29) is 11.8 Å². The zero-order valence-corrected chi connectivity index (χ0v) is 19.8. The lowest BCUT2D eigenvalue weighted by Gasteiger charge is -2.11. The Hall–Kier alpha value is -3.62. The van der Waals surface area contributed by atoms with Crippen molar-refractivity contribution < 1.29 is 9.59 Å². The Morgan fingerprint density at radius 2 is 1.00 bits per heavy atom. The van der Waals surface area contributed by atoms with E-state index in [4.69, 9.17) is 0 Å². The van der Waals surface area contributed by atoms with Gasteiger partial charge in [0.25, 0.3) is 11.8 Å². The molecule has 0 bridgehead atoms. The molecule has 2 aromatic heterocycles. The SMILES string of the molecule is O=C(NCc1ccccn1)c1ccccc1SSc1ccccc1C(=O)NCc1ccccn1. The summed E-state index contributed by atoms with van der Waals surface area (Å²) in [7, 11) is 2.89. The van der Waals surface area contributed by atoms with Crippen molar-refractivity contribution in [3.8, 4) is 0 Å². The lowest BCUT2D eigenvalue weighted by molar-refractivity contribution is 0.0939. The molecule has 6 nitrogen and oxygen atoms in total. The van der Waals surface area contributed by atoms with E-state index in [1.807, 2.05) is 72.8 Å². The van der Waals surface area contributed by atoms with E-state index in [9.17, 15) is 9.59 Å². The summed E-state index contributed by atoms with van der Waals surface area (Å²) < 4.78 is 0. The number of nitrogens with one attached hydrogen (secondary N) is 2. The maximum absolute atomic E-state index is 12.8. The van der Waals surface area contributed by atoms with Crippen LogP contribution < -0.4 is 10.6 Å². The average molecular weight is 487 g/mol. The van der Waals surface area contributed by atoms with Crippen LogP contribution in [-0.2, 0) is 13.1 Å². The molecule has 34 heavy (non-hydrogen) atoms. The Balaban J connectivity index is 1.41. The van der Waals surface area contributed by atoms with Gasteiger partial charge in [-0.05, 0) is 48.5 Å². The first-order valence-electron chi connectivity index (χ1n) is 10.6. The van der Waals surface area contributed by atoms with Gasteiger partial charge in [-0.15, -0.1) is 0 Å². The summed E-state index contributed by atoms with van der Waals surface area (Å²) in [6.45, 7) is 0.705. The smallest absolute Gasteiger partial charge is 0.252 e. The monoisotopic (exact) mass is 486 g/mol. The van der Waals surface area contributed by atoms with Gasteiger partial charge >= 0.3 is 0 Å². The third kappa shape index (κ3) is 6.46. The molecule has 0 aliphatic heterocycles. The maximum atomic E-state index is 12.8. The van der Waals surface area contributed by atoms with Gasteiger partial charge in [0.05, 0.1) is 35.6 Å². The highest BCUT2D eigenvalue weighted by Gasteiger charge is 2.15. The fourth-order valence-electron chi connectivity index (χ4n) is 3.08. The molecule has 8 heteroatoms. The summed E-state index contributed by atoms with van der Waals surface area (Å²) in [6, 6.07) is 26.0. The summed E-state index contributed by atoms with van der Waals surface area (Å²) in [5, 5.41) is 5.84. The second kappa shape index (κ2) is 12.0. The molecular formula is C26H22N4O2S2. The molecule has 0 spiro atoms. The van der Waals surface area contributed by atoms with Crippen molar-refractivity contribution in [2.24, 2.45) is 0 Å². The molecule has 2 heterocycles. The van der Waals surface area contributed by atoms with Crippen LogP contribution in [0.1, 0.15) is 32.1 Å². The van der Waals surface area contributed by atoms with Gasteiger partial charge in [0.1, 0.15) is 0 Å². The molecular weight excluding hydrogens is 464 g/mol. The normalized spacial score (nSPS) is 10.5. The number of amides is 2. The van der Waals surface area contributed by atoms with Crippen LogP contribution in [0.5, 0.6) is 0 Å². The first-order valence-corrected chi connectivity index (χ1v) is 12.7. The largest absolute Gasteiger partial charge is 0.346 e. The van der Waals surface area contributed by atoms with Crippen molar-refractivity contribution in [1.82, 2.24) is 20.6 Å². The third-order valence-corrected chi connectivity index (χ3v) is 7.28. The second-order valence-corrected chi connectivity index (χ2v) is 9.38. The highest BCUT2D eigenvalue weighted by Crippen LogP contribution is 2.40. The van der Waals surface area contributed by atoms with Crippen LogP contribution >= 0.6 is 21.6 Å². The minimum absolute atomic E-state index is 0.171. The molecule has 0 fully saturated rings. The number of rotatable bonds is 9. The van der Waals surface area contributed by atoms with E-state index in [1.54, 1.807) is 24.5 Å². The summed E-state index contributed by atoms with van der Waals surface area (Å²) >= 11 is 0. The Kier molecular flexibility index (Phi) is 8.32. The van der Waals surface area contributed by atoms with Gasteiger partial charge in [0.2, 0.25) is 0 Å². The van der Waals surface area contributed by atoms with Crippen LogP contribution in [0.15, 0.2) is 107 Å². The first kappa shape index (κ1) is 23.5. The van der Waals surface area contributed by atoms with Crippen molar-refractivity contribution in [2.45, 2.75) is 22.9 Å². The van der Waals surface area contributed by atoms with Gasteiger partial charge in [-0.1, -0.05) is 58.0 Å². The zero-order valence-electron chi connectivity index (χ0n) is 18.2. The molecule has 2 N–H and O–H groups in total. The van der Waals surface area contributed by atoms with Gasteiger partial charge in [-0.25, -0.2) is 0 Å². The second-order valence-electron chi connectivity index (χ2n) is 7.17. The van der Waals surface area contributed by atoms with E-state index in [2.05, 4.69) is 20.6 Å². The fourth-order valence-corrected chi connectivity index (χ4v) is 5.44. The van der Waals surface area contributed by atoms with Crippen LogP contribution in [0, 0.1) is 0 Å². The molecule has 0 saturated heterocycles. The number of benzene rings is 2. The molecule has 2 aromatic carbocycles. The first-order chi connectivity index (χ1) is 16.7. The molecule has 170 valence electrons. The van der Waals surface area contributed by atoms with E-state index >= 15 is 0 Å². The van der Waals surface area contributed by atoms with Crippen molar-refractivity contribution in [3.05, 3.63) is 120 Å². The quantitative estimate of drug-likeness (QED) is 0.319. The van der Waals surface area contributed by atoms with Crippen LogP contribution in [-0.4, -0.2) is 21.8 Å². The van der Waals surface area contributed by atoms with Crippen molar-refractivity contribution in [1.29, 1.82) is 0 Å². The molecule has 0 saturated carbocycles. The number of carbonyl (C=O) groups is 2. The molecule has 0 aliphatic carbocycles. The number of aromatic nitrogens is 2. The standard InChI is InChI=1S/C26H22N4O2S2/c31-25(29-17-19-9-5-7-15-27-19)21-11-1-3-13-23(21)33-34-24-14-4-2-12-22(24)26(32)30-18-20-10-6-8-16-28-20/h1-16H,17-18H2,(H,29,31)(H,30,32). The highest BCUT2D eigenvalue weighted by molar-refractivity contribution is 8.76. The molecule has 0 radical (unpaired) electrons. The third-order valence-electron chi connectivity index (χ3n) is 4.80. The Bertz CT molecular complexity index is 1150. The summed E-state index contributed by atoms with van der Waals surface area (Å²) in [6.07, 6.45) is 3.40. The average Bonchev–Trinajstić information content (AvgIpc) is 2.90. The molecule has 0 atom stereocenters. The van der Waals surface area contributed by atoms with Gasteiger partial charge in [-0.2, -0.15) is 0 Å². The molecule has 4 aromatic rings. The lowest BCUT2D eigenvalue weighted by atomic mass is 10.2. The minimum atomic E-state index is -0.171. The fraction of sp³-hybridized carbons (Fsp3) is 0.0769.